The van der Waals surface area contributed by atoms with Crippen molar-refractivity contribution in [3.8, 4) is 0 Å². The molecule has 0 aliphatic heterocycles. The van der Waals surface area contributed by atoms with Gasteiger partial charge in [-0.15, -0.1) is 11.3 Å². The second-order valence-corrected chi connectivity index (χ2v) is 9.35. The fourth-order valence-electron chi connectivity index (χ4n) is 2.88. The minimum Gasteiger partial charge on any atom is -0.462 e. The van der Waals surface area contributed by atoms with E-state index in [4.69, 9.17) is 51.1 Å². The van der Waals surface area contributed by atoms with Crippen LogP contribution in [0.1, 0.15) is 42.9 Å². The minimum atomic E-state index is -0.677. The highest BCUT2D eigenvalue weighted by atomic mass is 35.5. The van der Waals surface area contributed by atoms with E-state index >= 15 is 0 Å². The van der Waals surface area contributed by atoms with Gasteiger partial charge in [0, 0.05) is 10.0 Å². The molecule has 6 nitrogen and oxygen atoms in total. The largest absolute Gasteiger partial charge is 0.462 e. The van der Waals surface area contributed by atoms with Crippen molar-refractivity contribution < 1.29 is 19.1 Å². The summed E-state index contributed by atoms with van der Waals surface area (Å²) in [6.45, 7) is 3.35. The summed E-state index contributed by atoms with van der Waals surface area (Å²) in [6.07, 6.45) is 0. The van der Waals surface area contributed by atoms with Gasteiger partial charge in [-0.05, 0) is 55.8 Å². The number of ether oxygens (including phenoxy) is 1. The van der Waals surface area contributed by atoms with Crippen LogP contribution in [0.2, 0.25) is 20.1 Å². The van der Waals surface area contributed by atoms with Crippen LogP contribution in [-0.4, -0.2) is 24.4 Å². The second kappa shape index (κ2) is 10.8. The van der Waals surface area contributed by atoms with E-state index in [1.807, 2.05) is 0 Å². The van der Waals surface area contributed by atoms with E-state index in [0.717, 1.165) is 11.3 Å². The van der Waals surface area contributed by atoms with Gasteiger partial charge in [0.25, 0.3) is 11.8 Å². The first-order valence-corrected chi connectivity index (χ1v) is 11.8. The number of hydrogen-bond acceptors (Lipinski definition) is 5. The van der Waals surface area contributed by atoms with Crippen molar-refractivity contribution in [3.63, 3.8) is 0 Å². The molecule has 3 rings (SSSR count). The molecule has 0 spiro atoms. The molecule has 2 amide bonds. The van der Waals surface area contributed by atoms with E-state index in [1.165, 1.54) is 24.3 Å². The summed E-state index contributed by atoms with van der Waals surface area (Å²) in [4.78, 5) is 38.6. The van der Waals surface area contributed by atoms with Crippen LogP contribution in [0.3, 0.4) is 0 Å². The van der Waals surface area contributed by atoms with E-state index in [1.54, 1.807) is 26.0 Å². The third kappa shape index (κ3) is 5.80. The van der Waals surface area contributed by atoms with Crippen molar-refractivity contribution in [3.05, 3.63) is 78.1 Å². The monoisotopic (exact) mass is 544 g/mol. The molecule has 0 aliphatic carbocycles. The zero-order valence-corrected chi connectivity index (χ0v) is 21.1. The van der Waals surface area contributed by atoms with Gasteiger partial charge in [0.2, 0.25) is 0 Å². The van der Waals surface area contributed by atoms with E-state index < -0.39 is 17.8 Å². The predicted octanol–water partition coefficient (Wildman–Crippen LogP) is 7.35. The molecule has 2 N–H and O–H groups in total. The summed E-state index contributed by atoms with van der Waals surface area (Å²) in [5.74, 6) is -1.78. The first-order chi connectivity index (χ1) is 15.6. The molecule has 3 aromatic rings. The quantitative estimate of drug-likeness (QED) is 0.317. The highest BCUT2D eigenvalue weighted by Gasteiger charge is 2.27. The van der Waals surface area contributed by atoms with Gasteiger partial charge in [0.15, 0.2) is 0 Å². The number of carbonyl (C=O) groups excluding carboxylic acids is 3. The van der Waals surface area contributed by atoms with Gasteiger partial charge < -0.3 is 15.4 Å². The van der Waals surface area contributed by atoms with E-state index in [2.05, 4.69) is 10.6 Å². The number of benzene rings is 2. The maximum atomic E-state index is 13.0. The Kier molecular flexibility index (Phi) is 8.26. The lowest BCUT2D eigenvalue weighted by Gasteiger charge is -2.08. The number of halogens is 4. The Morgan fingerprint density at radius 3 is 2.24 bits per heavy atom. The van der Waals surface area contributed by atoms with E-state index in [9.17, 15) is 14.4 Å². The van der Waals surface area contributed by atoms with Crippen molar-refractivity contribution in [2.75, 3.05) is 17.2 Å². The molecule has 33 heavy (non-hydrogen) atoms. The average molecular weight is 546 g/mol. The maximum Gasteiger partial charge on any atom is 0.341 e. The Balaban J connectivity index is 1.98. The van der Waals surface area contributed by atoms with Gasteiger partial charge in [0.05, 0.1) is 38.3 Å². The third-order valence-corrected chi connectivity index (χ3v) is 6.73. The Morgan fingerprint density at radius 2 is 1.58 bits per heavy atom. The van der Waals surface area contributed by atoms with Crippen LogP contribution < -0.4 is 10.6 Å². The summed E-state index contributed by atoms with van der Waals surface area (Å²) in [5.41, 5.74) is 0.867. The molecule has 1 heterocycles. The second-order valence-electron chi connectivity index (χ2n) is 6.64. The standard InChI is InChI=1S/C22H16Cl4N2O4S/c1-3-32-22(31)17-10(2)18(20(30)27-16-9-12(24)5-7-14(16)25)33-21(17)28-19(29)13-6-4-11(23)8-15(13)26/h4-9H,3H2,1-2H3,(H,27,30)(H,28,29). The van der Waals surface area contributed by atoms with Gasteiger partial charge >= 0.3 is 5.97 Å². The summed E-state index contributed by atoms with van der Waals surface area (Å²) in [7, 11) is 0. The van der Waals surface area contributed by atoms with Crippen molar-refractivity contribution in [1.29, 1.82) is 0 Å². The van der Waals surface area contributed by atoms with Crippen LogP contribution in [0.25, 0.3) is 0 Å². The van der Waals surface area contributed by atoms with Crippen molar-refractivity contribution >= 4 is 86.2 Å². The smallest absolute Gasteiger partial charge is 0.341 e. The molecular weight excluding hydrogens is 530 g/mol. The van der Waals surface area contributed by atoms with Crippen LogP contribution in [0, 0.1) is 6.92 Å². The van der Waals surface area contributed by atoms with E-state index in [0.29, 0.717) is 26.3 Å². The summed E-state index contributed by atoms with van der Waals surface area (Å²) in [5, 5.41) is 6.65. The lowest BCUT2D eigenvalue weighted by molar-refractivity contribution is 0.0527. The zero-order chi connectivity index (χ0) is 24.3. The fraction of sp³-hybridized carbons (Fsp3) is 0.136. The number of thiophene rings is 1. The van der Waals surface area contributed by atoms with Crippen LogP contribution in [0.5, 0.6) is 0 Å². The lowest BCUT2D eigenvalue weighted by Crippen LogP contribution is -2.15. The lowest BCUT2D eigenvalue weighted by atomic mass is 10.1. The van der Waals surface area contributed by atoms with E-state index in [-0.39, 0.29) is 32.6 Å². The Labute approximate surface area is 213 Å². The number of hydrogen-bond donors (Lipinski definition) is 2. The molecule has 0 bridgehead atoms. The molecule has 1 aromatic heterocycles. The fourth-order valence-corrected chi connectivity index (χ4v) is 4.80. The molecule has 0 aliphatic rings. The molecule has 172 valence electrons. The summed E-state index contributed by atoms with van der Waals surface area (Å²) >= 11 is 25.1. The van der Waals surface area contributed by atoms with Gasteiger partial charge in [-0.2, -0.15) is 0 Å². The number of amides is 2. The molecule has 0 saturated carbocycles. The number of anilines is 2. The molecule has 0 saturated heterocycles. The van der Waals surface area contributed by atoms with Crippen LogP contribution >= 0.6 is 57.7 Å². The molecule has 0 radical (unpaired) electrons. The van der Waals surface area contributed by atoms with Gasteiger partial charge in [-0.1, -0.05) is 46.4 Å². The molecular formula is C22H16Cl4N2O4S. The maximum absolute atomic E-state index is 13.0. The van der Waals surface area contributed by atoms with Gasteiger partial charge in [-0.3, -0.25) is 9.59 Å². The van der Waals surface area contributed by atoms with Crippen molar-refractivity contribution in [1.82, 2.24) is 0 Å². The number of esters is 1. The van der Waals surface area contributed by atoms with Crippen LogP contribution in [0.4, 0.5) is 10.7 Å². The number of carbonyl (C=O) groups is 3. The predicted molar refractivity (Wildman–Crippen MR) is 134 cm³/mol. The van der Waals surface area contributed by atoms with Crippen LogP contribution in [-0.2, 0) is 4.74 Å². The summed E-state index contributed by atoms with van der Waals surface area (Å²) < 4.78 is 5.13. The van der Waals surface area contributed by atoms with Gasteiger partial charge in [0.1, 0.15) is 5.00 Å². The minimum absolute atomic E-state index is 0.0719. The SMILES string of the molecule is CCOC(=O)c1c(NC(=O)c2ccc(Cl)cc2Cl)sc(C(=O)Nc2cc(Cl)ccc2Cl)c1C. The number of nitrogens with one attached hydrogen (secondary N) is 2. The summed E-state index contributed by atoms with van der Waals surface area (Å²) in [6, 6.07) is 9.04. The molecule has 0 fully saturated rings. The molecule has 2 aromatic carbocycles. The number of rotatable bonds is 6. The highest BCUT2D eigenvalue weighted by Crippen LogP contribution is 2.36. The topological polar surface area (TPSA) is 84.5 Å². The normalized spacial score (nSPS) is 10.6. The van der Waals surface area contributed by atoms with Gasteiger partial charge in [-0.25, -0.2) is 4.79 Å². The molecule has 0 unspecified atom stereocenters. The Morgan fingerprint density at radius 1 is 0.909 bits per heavy atom. The Bertz CT molecular complexity index is 1260. The molecule has 0 atom stereocenters. The van der Waals surface area contributed by atoms with Crippen molar-refractivity contribution in [2.24, 2.45) is 0 Å². The molecule has 11 heteroatoms. The first-order valence-electron chi connectivity index (χ1n) is 9.45. The first kappa shape index (κ1) is 25.3. The van der Waals surface area contributed by atoms with Crippen LogP contribution in [0.15, 0.2) is 36.4 Å². The third-order valence-electron chi connectivity index (χ3n) is 4.41. The highest BCUT2D eigenvalue weighted by molar-refractivity contribution is 7.19. The van der Waals surface area contributed by atoms with Crippen molar-refractivity contribution in [2.45, 2.75) is 13.8 Å². The Hall–Kier alpha value is -2.29. The average Bonchev–Trinajstić information content (AvgIpc) is 3.06. The zero-order valence-electron chi connectivity index (χ0n) is 17.2.